The van der Waals surface area contributed by atoms with Gasteiger partial charge in [0, 0.05) is 37.0 Å². The highest BCUT2D eigenvalue weighted by Crippen LogP contribution is 2.57. The second-order valence-electron chi connectivity index (χ2n) is 7.47. The third-order valence-electron chi connectivity index (χ3n) is 5.64. The molecule has 0 aliphatic heterocycles. The number of carboxylic acids is 1. The maximum absolute atomic E-state index is 11.2. The summed E-state index contributed by atoms with van der Waals surface area (Å²) in [6, 6.07) is 0.0295. The summed E-state index contributed by atoms with van der Waals surface area (Å²) >= 11 is 0. The van der Waals surface area contributed by atoms with Crippen LogP contribution in [0.1, 0.15) is 53.3 Å². The number of carboxylic acid groups (broad SMARTS) is 1. The topological polar surface area (TPSA) is 139 Å². The van der Waals surface area contributed by atoms with Gasteiger partial charge in [0.1, 0.15) is 0 Å². The van der Waals surface area contributed by atoms with Crippen LogP contribution in [0.4, 0.5) is 4.79 Å². The maximum atomic E-state index is 11.2. The molecule has 2 heterocycles. The average Bonchev–Trinajstić information content (AvgIpc) is 3.09. The first-order valence-corrected chi connectivity index (χ1v) is 9.36. The fourth-order valence-electron chi connectivity index (χ4n) is 3.90. The van der Waals surface area contributed by atoms with E-state index >= 15 is 0 Å². The number of nitrogens with one attached hydrogen (secondary N) is 1. The fourth-order valence-corrected chi connectivity index (χ4v) is 3.90. The van der Waals surface area contributed by atoms with Crippen LogP contribution in [0.25, 0.3) is 5.82 Å². The molecule has 2 saturated carbocycles. The Morgan fingerprint density at radius 2 is 2.14 bits per heavy atom. The van der Waals surface area contributed by atoms with Crippen LogP contribution in [0.2, 0.25) is 0 Å². The lowest BCUT2D eigenvalue weighted by molar-refractivity contribution is 0.0688. The molecule has 0 saturated heterocycles. The molecule has 0 spiro atoms. The molecule has 2 atom stereocenters. The van der Waals surface area contributed by atoms with Gasteiger partial charge in [-0.05, 0) is 31.6 Å². The van der Waals surface area contributed by atoms with Crippen molar-refractivity contribution in [1.29, 1.82) is 0 Å². The number of urea groups is 1. The molecule has 5 rings (SSSR count). The maximum Gasteiger partial charge on any atom is 0.356 e. The smallest absolute Gasteiger partial charge is 0.356 e. The molecule has 10 nitrogen and oxygen atoms in total. The summed E-state index contributed by atoms with van der Waals surface area (Å²) < 4.78 is 1.66. The highest BCUT2D eigenvalue weighted by atomic mass is 16.4. The number of hydrogen-bond acceptors (Lipinski definition) is 6. The van der Waals surface area contributed by atoms with Crippen molar-refractivity contribution in [3.8, 4) is 5.82 Å². The summed E-state index contributed by atoms with van der Waals surface area (Å²) in [5, 5.41) is 15.2. The summed E-state index contributed by atoms with van der Waals surface area (Å²) in [7, 11) is 1.84. The Kier molecular flexibility index (Phi) is 4.71. The van der Waals surface area contributed by atoms with Gasteiger partial charge in [-0.15, -0.1) is 0 Å². The number of carbonyl (C=O) groups is 2. The number of primary amides is 1. The molecule has 0 radical (unpaired) electrons. The Balaban J connectivity index is 0.000000165. The molecule has 2 aromatic rings. The van der Waals surface area contributed by atoms with Gasteiger partial charge in [0.25, 0.3) is 0 Å². The van der Waals surface area contributed by atoms with Crippen LogP contribution in [0.3, 0.4) is 0 Å². The van der Waals surface area contributed by atoms with Gasteiger partial charge in [0.05, 0.1) is 11.9 Å². The lowest BCUT2D eigenvalue weighted by Crippen LogP contribution is -2.50. The van der Waals surface area contributed by atoms with Crippen molar-refractivity contribution in [3.05, 3.63) is 35.5 Å². The van der Waals surface area contributed by atoms with Gasteiger partial charge in [-0.1, -0.05) is 6.42 Å². The zero-order chi connectivity index (χ0) is 19.8. The van der Waals surface area contributed by atoms with Gasteiger partial charge in [-0.3, -0.25) is 10.4 Å². The van der Waals surface area contributed by atoms with Crippen molar-refractivity contribution in [2.24, 2.45) is 11.7 Å². The van der Waals surface area contributed by atoms with Crippen molar-refractivity contribution < 1.29 is 14.7 Å². The summed E-state index contributed by atoms with van der Waals surface area (Å²) in [5.41, 5.74) is 9.51. The van der Waals surface area contributed by atoms with Crippen molar-refractivity contribution >= 4 is 12.0 Å². The minimum absolute atomic E-state index is 0.169. The minimum Gasteiger partial charge on any atom is -0.476 e. The number of hydrogen-bond donors (Lipinski definition) is 3. The van der Waals surface area contributed by atoms with Crippen LogP contribution < -0.4 is 11.2 Å². The first-order valence-electron chi connectivity index (χ1n) is 9.36. The molecule has 0 unspecified atom stereocenters. The van der Waals surface area contributed by atoms with Crippen LogP contribution in [0.15, 0.2) is 18.6 Å². The van der Waals surface area contributed by atoms with Crippen molar-refractivity contribution in [2.75, 3.05) is 7.05 Å². The van der Waals surface area contributed by atoms with Gasteiger partial charge in [-0.25, -0.2) is 24.3 Å². The van der Waals surface area contributed by atoms with Gasteiger partial charge in [0.2, 0.25) is 0 Å². The predicted molar refractivity (Wildman–Crippen MR) is 98.8 cm³/mol. The largest absolute Gasteiger partial charge is 0.476 e. The second-order valence-corrected chi connectivity index (χ2v) is 7.47. The van der Waals surface area contributed by atoms with E-state index in [1.54, 1.807) is 28.3 Å². The summed E-state index contributed by atoms with van der Waals surface area (Å²) in [4.78, 5) is 29.7. The molecule has 4 N–H and O–H groups in total. The normalized spacial score (nSPS) is 21.8. The van der Waals surface area contributed by atoms with Crippen molar-refractivity contribution in [1.82, 2.24) is 30.2 Å². The highest BCUT2D eigenvalue weighted by Gasteiger charge is 2.50. The quantitative estimate of drug-likeness (QED) is 0.669. The molecule has 0 aromatic carbocycles. The number of carbonyl (C=O) groups excluding carboxylic acids is 1. The number of rotatable bonds is 4. The average molecular weight is 385 g/mol. The van der Waals surface area contributed by atoms with Gasteiger partial charge < -0.3 is 10.8 Å². The van der Waals surface area contributed by atoms with Crippen LogP contribution in [-0.2, 0) is 6.42 Å². The molecule has 10 heteroatoms. The third kappa shape index (κ3) is 3.42. The third-order valence-corrected chi connectivity index (χ3v) is 5.64. The first kappa shape index (κ1) is 18.4. The van der Waals surface area contributed by atoms with E-state index in [1.807, 2.05) is 7.05 Å². The first-order chi connectivity index (χ1) is 13.5. The molecule has 2 amide bonds. The zero-order valence-corrected chi connectivity index (χ0v) is 15.6. The monoisotopic (exact) mass is 385 g/mol. The molecule has 3 aliphatic rings. The highest BCUT2D eigenvalue weighted by molar-refractivity contribution is 5.88. The van der Waals surface area contributed by atoms with Gasteiger partial charge in [-0.2, -0.15) is 5.10 Å². The Morgan fingerprint density at radius 3 is 2.71 bits per heavy atom. The van der Waals surface area contributed by atoms with E-state index in [4.69, 9.17) is 5.73 Å². The molecule has 2 aromatic heterocycles. The fraction of sp³-hybridized carbons (Fsp3) is 0.500. The van der Waals surface area contributed by atoms with E-state index in [2.05, 4.69) is 20.5 Å². The van der Waals surface area contributed by atoms with Crippen molar-refractivity contribution in [2.45, 2.75) is 44.1 Å². The predicted octanol–water partition coefficient (Wildman–Crippen LogP) is 1.07. The summed E-state index contributed by atoms with van der Waals surface area (Å²) in [5.74, 6) is 0.700. The SMILES string of the molecule is CN(NC(N)=O)C1CCC1.O=C(O)c1nn(-c2cnccn2)c2c1C[C@H]1C[C@@H]21. The molecule has 28 heavy (non-hydrogen) atoms. The van der Waals surface area contributed by atoms with E-state index in [-0.39, 0.29) is 5.69 Å². The number of aromatic carboxylic acids is 1. The molecule has 3 aliphatic carbocycles. The zero-order valence-electron chi connectivity index (χ0n) is 15.6. The van der Waals surface area contributed by atoms with Crippen LogP contribution >= 0.6 is 0 Å². The molecule has 148 valence electrons. The number of hydrazine groups is 1. The van der Waals surface area contributed by atoms with E-state index in [0.29, 0.717) is 23.7 Å². The lowest BCUT2D eigenvalue weighted by atomic mass is 9.93. The molecular weight excluding hydrogens is 362 g/mol. The van der Waals surface area contributed by atoms with E-state index in [1.165, 1.54) is 6.42 Å². The van der Waals surface area contributed by atoms with Crippen molar-refractivity contribution in [3.63, 3.8) is 0 Å². The van der Waals surface area contributed by atoms with E-state index in [0.717, 1.165) is 36.9 Å². The summed E-state index contributed by atoms with van der Waals surface area (Å²) in [6.07, 6.45) is 10.3. The Labute approximate surface area is 161 Å². The number of nitrogens with zero attached hydrogens (tertiary/aromatic N) is 5. The Morgan fingerprint density at radius 1 is 1.36 bits per heavy atom. The molecule has 0 bridgehead atoms. The van der Waals surface area contributed by atoms with Crippen LogP contribution in [0.5, 0.6) is 0 Å². The van der Waals surface area contributed by atoms with Gasteiger partial charge in [0.15, 0.2) is 11.5 Å². The van der Waals surface area contributed by atoms with Crippen LogP contribution in [-0.4, -0.2) is 55.0 Å². The van der Waals surface area contributed by atoms with E-state index in [9.17, 15) is 14.7 Å². The Hall–Kier alpha value is -3.01. The number of aromatic nitrogens is 4. The minimum atomic E-state index is -0.963. The van der Waals surface area contributed by atoms with Gasteiger partial charge >= 0.3 is 12.0 Å². The molecular formula is C18H23N7O3. The van der Waals surface area contributed by atoms with E-state index < -0.39 is 12.0 Å². The standard InChI is InChI=1S/C12H10N4O2.C6H13N3O/c17-12(18)10-8-4-6-3-7(6)11(8)16(15-10)9-5-13-1-2-14-9;1-9(8-6(7)10)5-3-2-4-5/h1-2,5-7H,3-4H2,(H,17,18);5H,2-4H2,1H3,(H3,7,8,10)/t6-,7-;/m1./s1. The Bertz CT molecular complexity index is 894. The number of fused-ring (bicyclic) bond motifs is 3. The second kappa shape index (κ2) is 7.19. The lowest BCUT2D eigenvalue weighted by Gasteiger charge is -2.33. The number of amides is 2. The molecule has 2 fully saturated rings. The number of nitrogens with two attached hydrogens (primary N) is 1. The summed E-state index contributed by atoms with van der Waals surface area (Å²) in [6.45, 7) is 0. The van der Waals surface area contributed by atoms with Crippen LogP contribution in [0, 0.1) is 5.92 Å².